The van der Waals surface area contributed by atoms with Crippen molar-refractivity contribution in [3.05, 3.63) is 47.8 Å². The fraction of sp³-hybridized carbons (Fsp3) is 0.421. The zero-order valence-electron chi connectivity index (χ0n) is 14.7. The highest BCUT2D eigenvalue weighted by Crippen LogP contribution is 2.37. The van der Waals surface area contributed by atoms with Crippen LogP contribution in [-0.4, -0.2) is 31.5 Å². The van der Waals surface area contributed by atoms with Crippen molar-refractivity contribution in [2.75, 3.05) is 12.9 Å². The molecular weight excluding hydrogens is 338 g/mol. The Labute approximate surface area is 148 Å². The van der Waals surface area contributed by atoms with Gasteiger partial charge in [-0.05, 0) is 55.9 Å². The maximum absolute atomic E-state index is 12.2. The van der Waals surface area contributed by atoms with Crippen LogP contribution in [0.4, 0.5) is 0 Å². The van der Waals surface area contributed by atoms with E-state index in [1.807, 2.05) is 18.2 Å². The first-order valence-electron chi connectivity index (χ1n) is 8.40. The van der Waals surface area contributed by atoms with Crippen molar-refractivity contribution in [1.29, 1.82) is 0 Å². The average molecular weight is 361 g/mol. The van der Waals surface area contributed by atoms with Gasteiger partial charge in [0.25, 0.3) is 0 Å². The van der Waals surface area contributed by atoms with E-state index in [9.17, 15) is 8.42 Å². The lowest BCUT2D eigenvalue weighted by Gasteiger charge is -2.15. The molecule has 1 unspecified atom stereocenters. The van der Waals surface area contributed by atoms with Gasteiger partial charge in [-0.3, -0.25) is 4.98 Å². The lowest BCUT2D eigenvalue weighted by atomic mass is 10.0. The number of pyridine rings is 1. The molecule has 1 aliphatic carbocycles. The minimum absolute atomic E-state index is 0.0786. The highest BCUT2D eigenvalue weighted by Gasteiger charge is 2.29. The molecule has 1 aliphatic rings. The zero-order chi connectivity index (χ0) is 18.0. The number of rotatable bonds is 6. The van der Waals surface area contributed by atoms with E-state index in [2.05, 4.69) is 4.98 Å². The van der Waals surface area contributed by atoms with E-state index in [-0.39, 0.29) is 16.9 Å². The molecule has 0 spiro atoms. The van der Waals surface area contributed by atoms with Gasteiger partial charge in [-0.15, -0.1) is 0 Å². The Hall–Kier alpha value is -2.08. The molecule has 0 fully saturated rings. The number of aromatic nitrogens is 1. The molecular formula is C19H23NO4S. The molecule has 25 heavy (non-hydrogen) atoms. The summed E-state index contributed by atoms with van der Waals surface area (Å²) in [5.41, 5.74) is 2.29. The van der Waals surface area contributed by atoms with E-state index in [0.717, 1.165) is 29.7 Å². The van der Waals surface area contributed by atoms with Gasteiger partial charge in [-0.2, -0.15) is 0 Å². The third kappa shape index (κ3) is 3.95. The van der Waals surface area contributed by atoms with Crippen molar-refractivity contribution < 1.29 is 17.9 Å². The summed E-state index contributed by atoms with van der Waals surface area (Å²) in [6.07, 6.45) is 5.00. The molecule has 1 heterocycles. The molecule has 0 N–H and O–H groups in total. The molecule has 0 radical (unpaired) electrons. The van der Waals surface area contributed by atoms with Crippen molar-refractivity contribution in [2.45, 2.75) is 37.9 Å². The number of fused-ring (bicyclic) bond motifs is 1. The summed E-state index contributed by atoms with van der Waals surface area (Å²) in [5.74, 6) is 2.27. The molecule has 1 atom stereocenters. The maximum atomic E-state index is 12.2. The van der Waals surface area contributed by atoms with Gasteiger partial charge in [0.15, 0.2) is 9.84 Å². The Morgan fingerprint density at radius 3 is 2.64 bits per heavy atom. The number of methoxy groups -OCH3 is 1. The summed E-state index contributed by atoms with van der Waals surface area (Å²) in [7, 11) is -1.46. The van der Waals surface area contributed by atoms with E-state index in [1.54, 1.807) is 39.4 Å². The first kappa shape index (κ1) is 17.7. The number of benzene rings is 1. The second kappa shape index (κ2) is 7.04. The smallest absolute Gasteiger partial charge is 0.153 e. The van der Waals surface area contributed by atoms with E-state index >= 15 is 0 Å². The molecule has 0 amide bonds. The van der Waals surface area contributed by atoms with Gasteiger partial charge >= 0.3 is 0 Å². The summed E-state index contributed by atoms with van der Waals surface area (Å²) in [5, 5.41) is -0.334. The predicted molar refractivity (Wildman–Crippen MR) is 97.3 cm³/mol. The van der Waals surface area contributed by atoms with Crippen molar-refractivity contribution in [2.24, 2.45) is 0 Å². The summed E-state index contributed by atoms with van der Waals surface area (Å²) in [6.45, 7) is 3.48. The standard InChI is InChI=1S/C19H23NO4S/c1-13(2)25(21,22)12-15-5-4-14-8-16(6-7-19(14)15)24-18-9-17(23-3)10-20-11-18/h6-11,13,15H,4-5,12H2,1-3H3. The van der Waals surface area contributed by atoms with Gasteiger partial charge < -0.3 is 9.47 Å². The van der Waals surface area contributed by atoms with Crippen LogP contribution in [0, 0.1) is 0 Å². The average Bonchev–Trinajstić information content (AvgIpc) is 2.96. The molecule has 0 saturated heterocycles. The SMILES string of the molecule is COc1cncc(Oc2ccc3c(c2)CCC3CS(=O)(=O)C(C)C)c1. The minimum atomic E-state index is -3.04. The quantitative estimate of drug-likeness (QED) is 0.784. The Bertz CT molecular complexity index is 861. The fourth-order valence-electron chi connectivity index (χ4n) is 3.09. The number of hydrogen-bond acceptors (Lipinski definition) is 5. The Kier molecular flexibility index (Phi) is 4.99. The lowest BCUT2D eigenvalue weighted by molar-refractivity contribution is 0.406. The summed E-state index contributed by atoms with van der Waals surface area (Å²) >= 11 is 0. The molecule has 134 valence electrons. The van der Waals surface area contributed by atoms with Crippen molar-refractivity contribution >= 4 is 9.84 Å². The van der Waals surface area contributed by atoms with Gasteiger partial charge in [0.1, 0.15) is 17.2 Å². The second-order valence-corrected chi connectivity index (χ2v) is 9.24. The van der Waals surface area contributed by atoms with Crippen LogP contribution < -0.4 is 9.47 Å². The van der Waals surface area contributed by atoms with Crippen LogP contribution in [0.5, 0.6) is 17.2 Å². The molecule has 0 aliphatic heterocycles. The number of nitrogens with zero attached hydrogens (tertiary/aromatic N) is 1. The topological polar surface area (TPSA) is 65.5 Å². The zero-order valence-corrected chi connectivity index (χ0v) is 15.5. The van der Waals surface area contributed by atoms with E-state index in [4.69, 9.17) is 9.47 Å². The number of aryl methyl sites for hydroxylation is 1. The van der Waals surface area contributed by atoms with Gasteiger partial charge in [-0.1, -0.05) is 6.07 Å². The highest BCUT2D eigenvalue weighted by molar-refractivity contribution is 7.92. The van der Waals surface area contributed by atoms with Crippen LogP contribution in [0.2, 0.25) is 0 Å². The first-order chi connectivity index (χ1) is 11.9. The Morgan fingerprint density at radius 1 is 1.16 bits per heavy atom. The third-order valence-electron chi connectivity index (χ3n) is 4.63. The Morgan fingerprint density at radius 2 is 1.92 bits per heavy atom. The molecule has 1 aromatic carbocycles. The molecule has 0 bridgehead atoms. The van der Waals surface area contributed by atoms with Crippen LogP contribution in [0.25, 0.3) is 0 Å². The molecule has 6 heteroatoms. The lowest BCUT2D eigenvalue weighted by Crippen LogP contribution is -2.21. The van der Waals surface area contributed by atoms with Crippen LogP contribution in [0.3, 0.4) is 0 Å². The Balaban J connectivity index is 1.77. The normalized spacial score (nSPS) is 16.7. The number of sulfone groups is 1. The van der Waals surface area contributed by atoms with Crippen LogP contribution in [0.1, 0.15) is 37.3 Å². The van der Waals surface area contributed by atoms with Crippen molar-refractivity contribution in [3.8, 4) is 17.2 Å². The maximum Gasteiger partial charge on any atom is 0.153 e. The number of hydrogen-bond donors (Lipinski definition) is 0. The monoisotopic (exact) mass is 361 g/mol. The summed E-state index contributed by atoms with van der Waals surface area (Å²) in [6, 6.07) is 7.65. The van der Waals surface area contributed by atoms with Gasteiger partial charge in [-0.25, -0.2) is 8.42 Å². The van der Waals surface area contributed by atoms with E-state index in [1.165, 1.54) is 0 Å². The molecule has 0 saturated carbocycles. The summed E-state index contributed by atoms with van der Waals surface area (Å²) < 4.78 is 35.4. The third-order valence-corrected chi connectivity index (χ3v) is 6.93. The van der Waals surface area contributed by atoms with Gasteiger partial charge in [0.05, 0.1) is 30.5 Å². The molecule has 1 aromatic heterocycles. The van der Waals surface area contributed by atoms with Gasteiger partial charge in [0.2, 0.25) is 0 Å². The van der Waals surface area contributed by atoms with Gasteiger partial charge in [0, 0.05) is 6.07 Å². The van der Waals surface area contributed by atoms with Crippen LogP contribution >= 0.6 is 0 Å². The molecule has 2 aromatic rings. The van der Waals surface area contributed by atoms with E-state index < -0.39 is 9.84 Å². The first-order valence-corrected chi connectivity index (χ1v) is 10.1. The van der Waals surface area contributed by atoms with Crippen molar-refractivity contribution in [3.63, 3.8) is 0 Å². The van der Waals surface area contributed by atoms with E-state index in [0.29, 0.717) is 11.5 Å². The highest BCUT2D eigenvalue weighted by atomic mass is 32.2. The fourth-order valence-corrected chi connectivity index (χ4v) is 4.39. The van der Waals surface area contributed by atoms with Crippen LogP contribution in [-0.2, 0) is 16.3 Å². The molecule has 3 rings (SSSR count). The second-order valence-electron chi connectivity index (χ2n) is 6.64. The molecule has 5 nitrogen and oxygen atoms in total. The van der Waals surface area contributed by atoms with Crippen LogP contribution in [0.15, 0.2) is 36.7 Å². The number of ether oxygens (including phenoxy) is 2. The summed E-state index contributed by atoms with van der Waals surface area (Å²) in [4.78, 5) is 4.08. The van der Waals surface area contributed by atoms with Crippen molar-refractivity contribution in [1.82, 2.24) is 4.98 Å². The minimum Gasteiger partial charge on any atom is -0.495 e. The predicted octanol–water partition coefficient (Wildman–Crippen LogP) is 3.74. The largest absolute Gasteiger partial charge is 0.495 e.